The third kappa shape index (κ3) is 4.74. The number of nitrogens with one attached hydrogen (secondary N) is 3. The van der Waals surface area contributed by atoms with Gasteiger partial charge in [0.1, 0.15) is 0 Å². The number of fused-ring (bicyclic) bond motifs is 2. The van der Waals surface area contributed by atoms with Crippen LogP contribution in [0, 0.1) is 5.92 Å². The van der Waals surface area contributed by atoms with E-state index in [9.17, 15) is 22.8 Å². The first-order valence-corrected chi connectivity index (χ1v) is 12.8. The maximum atomic E-state index is 13.3. The van der Waals surface area contributed by atoms with Crippen LogP contribution in [0.15, 0.2) is 66.9 Å². The Morgan fingerprint density at radius 2 is 1.79 bits per heavy atom. The molecule has 0 saturated heterocycles. The number of aromatic amines is 1. The lowest BCUT2D eigenvalue weighted by Gasteiger charge is -2.13. The summed E-state index contributed by atoms with van der Waals surface area (Å²) in [5.41, 5.74) is 2.87. The smallest absolute Gasteiger partial charge is 0.360 e. The molecule has 0 radical (unpaired) electrons. The molecule has 10 heteroatoms. The van der Waals surface area contributed by atoms with Gasteiger partial charge < -0.3 is 15.6 Å². The van der Waals surface area contributed by atoms with E-state index in [-0.39, 0.29) is 23.9 Å². The number of anilines is 1. The number of rotatable bonds is 6. The molecule has 192 valence electrons. The minimum atomic E-state index is -4.50. The van der Waals surface area contributed by atoms with Gasteiger partial charge in [-0.25, -0.2) is 4.98 Å². The molecular weight excluding hydrogens is 513 g/mol. The minimum absolute atomic E-state index is 0.000527. The molecule has 3 aromatic carbocycles. The highest BCUT2D eigenvalue weighted by atomic mass is 32.1. The second-order valence-corrected chi connectivity index (χ2v) is 10.3. The maximum absolute atomic E-state index is 13.3. The fraction of sp³-hybridized carbons (Fsp3) is 0.179. The standard InChI is InChI=1S/C28H21F3N4O2S/c29-28(30,31)21-4-2-1-3-18(21)13-33-26(37)20-14-32-22-9-7-16(11-19(20)22)17-8-10-23-24(12-17)38-27(34-23)35-25(36)15-5-6-15/h1-4,7-12,14-15,32H,5-6,13H2,(H,33,37)(H,34,35,36). The number of hydrogen-bond acceptors (Lipinski definition) is 4. The molecule has 1 fully saturated rings. The van der Waals surface area contributed by atoms with Crippen LogP contribution in [0.2, 0.25) is 0 Å². The summed E-state index contributed by atoms with van der Waals surface area (Å²) in [6.45, 7) is -0.247. The molecule has 1 aliphatic rings. The number of carbonyl (C=O) groups excluding carboxylic acids is 2. The number of benzene rings is 3. The molecule has 38 heavy (non-hydrogen) atoms. The summed E-state index contributed by atoms with van der Waals surface area (Å²) >= 11 is 1.41. The van der Waals surface area contributed by atoms with E-state index in [0.29, 0.717) is 16.1 Å². The Kier molecular flexibility index (Phi) is 5.91. The lowest BCUT2D eigenvalue weighted by Crippen LogP contribution is -2.24. The summed E-state index contributed by atoms with van der Waals surface area (Å²) in [5.74, 6) is -0.370. The summed E-state index contributed by atoms with van der Waals surface area (Å²) in [6.07, 6.45) is -1.10. The average Bonchev–Trinajstić information content (AvgIpc) is 3.55. The number of amides is 2. The summed E-state index contributed by atoms with van der Waals surface area (Å²) in [5, 5.41) is 6.73. The van der Waals surface area contributed by atoms with E-state index in [1.807, 2.05) is 36.4 Å². The largest absolute Gasteiger partial charge is 0.416 e. The van der Waals surface area contributed by atoms with Crippen molar-refractivity contribution >= 4 is 49.4 Å². The predicted molar refractivity (Wildman–Crippen MR) is 141 cm³/mol. The number of hydrogen-bond donors (Lipinski definition) is 3. The summed E-state index contributed by atoms with van der Waals surface area (Å²) in [6, 6.07) is 16.7. The molecule has 0 aliphatic heterocycles. The first-order valence-electron chi connectivity index (χ1n) is 12.0. The molecule has 6 rings (SSSR count). The van der Waals surface area contributed by atoms with E-state index in [1.54, 1.807) is 6.20 Å². The van der Waals surface area contributed by atoms with Crippen LogP contribution >= 0.6 is 11.3 Å². The van der Waals surface area contributed by atoms with Crippen molar-refractivity contribution in [3.05, 3.63) is 83.6 Å². The second-order valence-electron chi connectivity index (χ2n) is 9.27. The Morgan fingerprint density at radius 1 is 1.03 bits per heavy atom. The highest BCUT2D eigenvalue weighted by Crippen LogP contribution is 2.35. The molecule has 5 aromatic rings. The van der Waals surface area contributed by atoms with Gasteiger partial charge in [-0.05, 0) is 59.9 Å². The van der Waals surface area contributed by atoms with Gasteiger partial charge in [-0.2, -0.15) is 13.2 Å². The molecule has 2 aromatic heterocycles. The van der Waals surface area contributed by atoms with Crippen molar-refractivity contribution in [3.63, 3.8) is 0 Å². The van der Waals surface area contributed by atoms with E-state index in [4.69, 9.17) is 0 Å². The summed E-state index contributed by atoms with van der Waals surface area (Å²) in [7, 11) is 0. The van der Waals surface area contributed by atoms with Gasteiger partial charge >= 0.3 is 6.18 Å². The Morgan fingerprint density at radius 3 is 2.58 bits per heavy atom. The molecular formula is C28H21F3N4O2S. The Bertz CT molecular complexity index is 1700. The zero-order valence-electron chi connectivity index (χ0n) is 19.9. The zero-order chi connectivity index (χ0) is 26.4. The Hall–Kier alpha value is -4.18. The van der Waals surface area contributed by atoms with Gasteiger partial charge in [0, 0.05) is 29.6 Å². The number of thiazole rings is 1. The highest BCUT2D eigenvalue weighted by molar-refractivity contribution is 7.22. The number of halogens is 3. The van der Waals surface area contributed by atoms with Crippen LogP contribution < -0.4 is 10.6 Å². The number of H-pyrrole nitrogens is 1. The van der Waals surface area contributed by atoms with Crippen molar-refractivity contribution < 1.29 is 22.8 Å². The van der Waals surface area contributed by atoms with Gasteiger partial charge in [0.05, 0.1) is 21.3 Å². The van der Waals surface area contributed by atoms with E-state index >= 15 is 0 Å². The number of alkyl halides is 3. The Labute approximate surface area is 218 Å². The lowest BCUT2D eigenvalue weighted by molar-refractivity contribution is -0.138. The van der Waals surface area contributed by atoms with Crippen LogP contribution in [0.4, 0.5) is 18.3 Å². The molecule has 1 saturated carbocycles. The Balaban J connectivity index is 1.24. The second kappa shape index (κ2) is 9.29. The van der Waals surface area contributed by atoms with Gasteiger partial charge in [0.15, 0.2) is 5.13 Å². The average molecular weight is 535 g/mol. The fourth-order valence-electron chi connectivity index (χ4n) is 4.42. The third-order valence-corrected chi connectivity index (χ3v) is 7.52. The van der Waals surface area contributed by atoms with Crippen molar-refractivity contribution in [3.8, 4) is 11.1 Å². The van der Waals surface area contributed by atoms with Crippen LogP contribution in [0.3, 0.4) is 0 Å². The van der Waals surface area contributed by atoms with E-state index in [0.717, 1.165) is 45.8 Å². The van der Waals surface area contributed by atoms with Crippen molar-refractivity contribution in [1.82, 2.24) is 15.3 Å². The number of carbonyl (C=O) groups is 2. The van der Waals surface area contributed by atoms with E-state index in [2.05, 4.69) is 20.6 Å². The normalized spacial score (nSPS) is 13.7. The van der Waals surface area contributed by atoms with Crippen LogP contribution in [0.5, 0.6) is 0 Å². The molecule has 1 aliphatic carbocycles. The molecule has 0 unspecified atom stereocenters. The van der Waals surface area contributed by atoms with Crippen LogP contribution in [-0.2, 0) is 17.5 Å². The van der Waals surface area contributed by atoms with Crippen LogP contribution in [0.25, 0.3) is 32.2 Å². The van der Waals surface area contributed by atoms with Gasteiger partial charge in [-0.3, -0.25) is 9.59 Å². The van der Waals surface area contributed by atoms with Gasteiger partial charge in [-0.1, -0.05) is 41.7 Å². The highest BCUT2D eigenvalue weighted by Gasteiger charge is 2.33. The topological polar surface area (TPSA) is 86.9 Å². The maximum Gasteiger partial charge on any atom is 0.416 e. The molecule has 3 N–H and O–H groups in total. The van der Waals surface area contributed by atoms with Crippen molar-refractivity contribution in [2.75, 3.05) is 5.32 Å². The molecule has 0 atom stereocenters. The summed E-state index contributed by atoms with van der Waals surface area (Å²) < 4.78 is 40.8. The molecule has 2 heterocycles. The van der Waals surface area contributed by atoms with Crippen molar-refractivity contribution in [2.24, 2.45) is 5.92 Å². The van der Waals surface area contributed by atoms with Crippen LogP contribution in [-0.4, -0.2) is 21.8 Å². The minimum Gasteiger partial charge on any atom is -0.360 e. The van der Waals surface area contributed by atoms with Gasteiger partial charge in [0.2, 0.25) is 5.91 Å². The molecule has 6 nitrogen and oxygen atoms in total. The fourth-order valence-corrected chi connectivity index (χ4v) is 5.33. The van der Waals surface area contributed by atoms with Gasteiger partial charge in [0.25, 0.3) is 5.91 Å². The summed E-state index contributed by atoms with van der Waals surface area (Å²) in [4.78, 5) is 32.6. The zero-order valence-corrected chi connectivity index (χ0v) is 20.7. The first-order chi connectivity index (χ1) is 18.3. The third-order valence-electron chi connectivity index (χ3n) is 6.59. The van der Waals surface area contributed by atoms with E-state index in [1.165, 1.54) is 29.5 Å². The van der Waals surface area contributed by atoms with Crippen LogP contribution in [0.1, 0.15) is 34.3 Å². The van der Waals surface area contributed by atoms with Crippen molar-refractivity contribution in [2.45, 2.75) is 25.6 Å². The molecule has 0 bridgehead atoms. The van der Waals surface area contributed by atoms with Crippen molar-refractivity contribution in [1.29, 1.82) is 0 Å². The van der Waals surface area contributed by atoms with Gasteiger partial charge in [-0.15, -0.1) is 0 Å². The quantitative estimate of drug-likeness (QED) is 0.225. The SMILES string of the molecule is O=C(NCc1ccccc1C(F)(F)F)c1c[nH]c2ccc(-c3ccc4nc(NC(=O)C5CC5)sc4c3)cc12. The molecule has 0 spiro atoms. The predicted octanol–water partition coefficient (Wildman–Crippen LogP) is 6.74. The van der Waals surface area contributed by atoms with E-state index < -0.39 is 17.6 Å². The first kappa shape index (κ1) is 24.2. The monoisotopic (exact) mass is 534 g/mol. The number of aromatic nitrogens is 2. The molecule has 2 amide bonds. The lowest BCUT2D eigenvalue weighted by atomic mass is 10.0. The number of nitrogens with zero attached hydrogens (tertiary/aromatic N) is 1.